The van der Waals surface area contributed by atoms with E-state index in [2.05, 4.69) is 10.6 Å². The predicted octanol–water partition coefficient (Wildman–Crippen LogP) is 2.42. The molecular weight excluding hydrogens is 212 g/mol. The van der Waals surface area contributed by atoms with Crippen molar-refractivity contribution in [1.82, 2.24) is 5.32 Å². The molecule has 3 heteroatoms. The van der Waals surface area contributed by atoms with E-state index in [0.29, 0.717) is 12.3 Å². The third kappa shape index (κ3) is 4.19. The van der Waals surface area contributed by atoms with Crippen LogP contribution in [0.3, 0.4) is 0 Å². The molecule has 0 spiro atoms. The molecular formula is C14H19N2O. The van der Waals surface area contributed by atoms with Crippen LogP contribution in [0.25, 0.3) is 0 Å². The number of amides is 1. The normalized spacial score (nSPS) is 19.9. The number of hydrogen-bond donors (Lipinski definition) is 1. The Balaban J connectivity index is 1.70. The minimum Gasteiger partial charge on any atom is -0.326 e. The first kappa shape index (κ1) is 12.1. The molecule has 0 aliphatic carbocycles. The molecule has 0 aromatic heterocycles. The average molecular weight is 231 g/mol. The van der Waals surface area contributed by atoms with Crippen LogP contribution >= 0.6 is 0 Å². The molecule has 1 heterocycles. The monoisotopic (exact) mass is 231 g/mol. The van der Waals surface area contributed by atoms with E-state index >= 15 is 0 Å². The van der Waals surface area contributed by atoms with Crippen LogP contribution in [0.15, 0.2) is 30.3 Å². The topological polar surface area (TPSA) is 43.2 Å². The van der Waals surface area contributed by atoms with Gasteiger partial charge in [0.2, 0.25) is 5.91 Å². The Labute approximate surface area is 103 Å². The Hall–Kier alpha value is -1.35. The van der Waals surface area contributed by atoms with E-state index in [1.165, 1.54) is 12.8 Å². The fourth-order valence-electron chi connectivity index (χ4n) is 2.17. The van der Waals surface area contributed by atoms with Crippen LogP contribution in [0.5, 0.6) is 0 Å². The van der Waals surface area contributed by atoms with Crippen LogP contribution in [0.4, 0.5) is 5.69 Å². The molecule has 1 aromatic rings. The smallest absolute Gasteiger partial charge is 0.224 e. The first-order chi connectivity index (χ1) is 8.34. The number of nitrogens with one attached hydrogen (secondary N) is 1. The molecule has 91 valence electrons. The summed E-state index contributed by atoms with van der Waals surface area (Å²) in [6.07, 6.45) is 3.98. The maximum absolute atomic E-state index is 11.7. The van der Waals surface area contributed by atoms with E-state index in [0.717, 1.165) is 25.2 Å². The fraction of sp³-hybridized carbons (Fsp3) is 0.500. The van der Waals surface area contributed by atoms with Crippen LogP contribution in [0, 0.1) is 5.92 Å². The molecule has 1 amide bonds. The van der Waals surface area contributed by atoms with Crippen LogP contribution in [0.2, 0.25) is 0 Å². The molecule has 1 aliphatic rings. The molecule has 1 fully saturated rings. The van der Waals surface area contributed by atoms with Gasteiger partial charge in [-0.3, -0.25) is 4.79 Å². The van der Waals surface area contributed by atoms with E-state index < -0.39 is 0 Å². The molecule has 0 saturated carbocycles. The van der Waals surface area contributed by atoms with Crippen LogP contribution < -0.4 is 10.6 Å². The number of carbonyl (C=O) groups is 1. The zero-order valence-electron chi connectivity index (χ0n) is 10.1. The number of piperidine rings is 1. The van der Waals surface area contributed by atoms with Gasteiger partial charge in [-0.2, -0.15) is 0 Å². The van der Waals surface area contributed by atoms with E-state index in [4.69, 9.17) is 0 Å². The van der Waals surface area contributed by atoms with E-state index in [1.54, 1.807) is 0 Å². The Morgan fingerprint density at radius 1 is 1.35 bits per heavy atom. The summed E-state index contributed by atoms with van der Waals surface area (Å²) in [5, 5.41) is 7.30. The summed E-state index contributed by atoms with van der Waals surface area (Å²) >= 11 is 0. The van der Waals surface area contributed by atoms with Crippen molar-refractivity contribution in [2.24, 2.45) is 5.92 Å². The molecule has 1 aromatic carbocycles. The third-order valence-corrected chi connectivity index (χ3v) is 3.15. The largest absolute Gasteiger partial charge is 0.326 e. The number of benzene rings is 1. The minimum atomic E-state index is 0.113. The highest BCUT2D eigenvalue weighted by Gasteiger charge is 2.15. The van der Waals surface area contributed by atoms with Crippen LogP contribution in [-0.2, 0) is 4.79 Å². The van der Waals surface area contributed by atoms with Crippen molar-refractivity contribution in [3.63, 3.8) is 0 Å². The summed E-state index contributed by atoms with van der Waals surface area (Å²) in [7, 11) is 0. The SMILES string of the molecule is O=C(CCC1CCC[N]C1)Nc1ccccc1. The lowest BCUT2D eigenvalue weighted by Gasteiger charge is -2.20. The number of carbonyl (C=O) groups excluding carboxylic acids is 1. The second-order valence-electron chi connectivity index (χ2n) is 4.59. The highest BCUT2D eigenvalue weighted by atomic mass is 16.1. The van der Waals surface area contributed by atoms with Crippen molar-refractivity contribution < 1.29 is 4.79 Å². The van der Waals surface area contributed by atoms with Gasteiger partial charge in [0.15, 0.2) is 0 Å². The summed E-state index contributed by atoms with van der Waals surface area (Å²) in [5.41, 5.74) is 0.880. The van der Waals surface area contributed by atoms with Gasteiger partial charge in [-0.1, -0.05) is 18.2 Å². The molecule has 2 rings (SSSR count). The van der Waals surface area contributed by atoms with Crippen molar-refractivity contribution in [1.29, 1.82) is 0 Å². The lowest BCUT2D eigenvalue weighted by molar-refractivity contribution is -0.116. The minimum absolute atomic E-state index is 0.113. The summed E-state index contributed by atoms with van der Waals surface area (Å²) in [6.45, 7) is 1.95. The maximum atomic E-state index is 11.7. The highest BCUT2D eigenvalue weighted by Crippen LogP contribution is 2.17. The number of hydrogen-bond acceptors (Lipinski definition) is 1. The Bertz CT molecular complexity index is 344. The maximum Gasteiger partial charge on any atom is 0.224 e. The lowest BCUT2D eigenvalue weighted by Crippen LogP contribution is -2.25. The second-order valence-corrected chi connectivity index (χ2v) is 4.59. The van der Waals surface area contributed by atoms with Gasteiger partial charge < -0.3 is 5.32 Å². The van der Waals surface area contributed by atoms with Gasteiger partial charge in [-0.15, -0.1) is 0 Å². The van der Waals surface area contributed by atoms with Crippen molar-refractivity contribution in [3.8, 4) is 0 Å². The summed E-state index contributed by atoms with van der Waals surface area (Å²) < 4.78 is 0. The van der Waals surface area contributed by atoms with Crippen molar-refractivity contribution in [2.45, 2.75) is 25.7 Å². The van der Waals surface area contributed by atoms with E-state index in [9.17, 15) is 4.79 Å². The fourth-order valence-corrected chi connectivity index (χ4v) is 2.17. The first-order valence-corrected chi connectivity index (χ1v) is 6.33. The molecule has 1 unspecified atom stereocenters. The molecule has 0 bridgehead atoms. The molecule has 3 nitrogen and oxygen atoms in total. The Morgan fingerprint density at radius 2 is 2.18 bits per heavy atom. The molecule has 1 aliphatic heterocycles. The molecule has 17 heavy (non-hydrogen) atoms. The van der Waals surface area contributed by atoms with Gasteiger partial charge in [0, 0.05) is 25.2 Å². The second kappa shape index (κ2) is 6.40. The zero-order chi connectivity index (χ0) is 11.9. The van der Waals surface area contributed by atoms with E-state index in [1.807, 2.05) is 30.3 Å². The summed E-state index contributed by atoms with van der Waals surface area (Å²) in [5.74, 6) is 0.729. The van der Waals surface area contributed by atoms with Crippen LogP contribution in [0.1, 0.15) is 25.7 Å². The quantitative estimate of drug-likeness (QED) is 0.849. The van der Waals surface area contributed by atoms with Crippen molar-refractivity contribution in [3.05, 3.63) is 30.3 Å². The van der Waals surface area contributed by atoms with Crippen molar-refractivity contribution in [2.75, 3.05) is 18.4 Å². The molecule has 1 saturated heterocycles. The zero-order valence-corrected chi connectivity index (χ0v) is 10.1. The summed E-state index contributed by atoms with van der Waals surface area (Å²) in [6, 6.07) is 9.62. The number of para-hydroxylation sites is 1. The number of anilines is 1. The average Bonchev–Trinajstić information content (AvgIpc) is 2.39. The standard InChI is InChI=1S/C14H19N2O/c17-14(16-13-6-2-1-3-7-13)9-8-12-5-4-10-15-11-12/h1-3,6-7,12H,4-5,8-11H2,(H,16,17). The van der Waals surface area contributed by atoms with E-state index in [-0.39, 0.29) is 5.91 Å². The van der Waals surface area contributed by atoms with Gasteiger partial charge in [0.1, 0.15) is 0 Å². The molecule has 1 radical (unpaired) electrons. The Morgan fingerprint density at radius 3 is 2.88 bits per heavy atom. The number of rotatable bonds is 4. The predicted molar refractivity (Wildman–Crippen MR) is 68.9 cm³/mol. The summed E-state index contributed by atoms with van der Waals surface area (Å²) in [4.78, 5) is 11.7. The molecule has 1 N–H and O–H groups in total. The molecule has 1 atom stereocenters. The third-order valence-electron chi connectivity index (χ3n) is 3.15. The number of nitrogens with zero attached hydrogens (tertiary/aromatic N) is 1. The van der Waals surface area contributed by atoms with Gasteiger partial charge in [0.05, 0.1) is 0 Å². The van der Waals surface area contributed by atoms with Gasteiger partial charge in [-0.25, -0.2) is 5.32 Å². The first-order valence-electron chi connectivity index (χ1n) is 6.33. The van der Waals surface area contributed by atoms with Crippen LogP contribution in [-0.4, -0.2) is 19.0 Å². The highest BCUT2D eigenvalue weighted by molar-refractivity contribution is 5.90. The van der Waals surface area contributed by atoms with Gasteiger partial charge in [-0.05, 0) is 37.3 Å². The van der Waals surface area contributed by atoms with Gasteiger partial charge >= 0.3 is 0 Å². The van der Waals surface area contributed by atoms with Crippen molar-refractivity contribution >= 4 is 11.6 Å². The lowest BCUT2D eigenvalue weighted by atomic mass is 9.94. The Kier molecular flexibility index (Phi) is 4.56. The van der Waals surface area contributed by atoms with Gasteiger partial charge in [0.25, 0.3) is 0 Å².